The highest BCUT2D eigenvalue weighted by atomic mass is 16.5. The Morgan fingerprint density at radius 1 is 1.12 bits per heavy atom. The summed E-state index contributed by atoms with van der Waals surface area (Å²) in [5.74, 6) is 1.41. The maximum Gasteiger partial charge on any atom is 0.145 e. The Morgan fingerprint density at radius 3 is 2.75 bits per heavy atom. The van der Waals surface area contributed by atoms with E-state index in [1.807, 2.05) is 30.5 Å². The quantitative estimate of drug-likeness (QED) is 0.903. The second-order valence-corrected chi connectivity index (χ2v) is 6.46. The number of aromatic nitrogens is 2. The van der Waals surface area contributed by atoms with Crippen LogP contribution >= 0.6 is 0 Å². The van der Waals surface area contributed by atoms with Crippen LogP contribution in [0.1, 0.15) is 6.42 Å². The number of morpholine rings is 1. The van der Waals surface area contributed by atoms with Crippen molar-refractivity contribution in [3.63, 3.8) is 0 Å². The Kier molecular flexibility index (Phi) is 4.87. The van der Waals surface area contributed by atoms with Gasteiger partial charge >= 0.3 is 0 Å². The lowest BCUT2D eigenvalue weighted by molar-refractivity contribution is 0.00460. The molecule has 1 N–H and O–H groups in total. The summed E-state index contributed by atoms with van der Waals surface area (Å²) in [5.41, 5.74) is 1.85. The summed E-state index contributed by atoms with van der Waals surface area (Å²) in [5, 5.41) is 3.50. The fourth-order valence-electron chi connectivity index (χ4n) is 3.61. The number of ether oxygens (including phenoxy) is 2. The minimum atomic E-state index is 0.449. The predicted molar refractivity (Wildman–Crippen MR) is 93.1 cm³/mol. The number of benzene rings is 1. The zero-order valence-corrected chi connectivity index (χ0v) is 13.9. The fourth-order valence-corrected chi connectivity index (χ4v) is 3.61. The molecule has 1 aromatic carbocycles. The van der Waals surface area contributed by atoms with E-state index in [9.17, 15) is 0 Å². The molecule has 0 radical (unpaired) electrons. The van der Waals surface area contributed by atoms with Gasteiger partial charge in [-0.15, -0.1) is 0 Å². The molecule has 2 aliphatic rings. The number of nitrogens with one attached hydrogen (secondary N) is 1. The third kappa shape index (κ3) is 3.50. The molecule has 0 saturated carbocycles. The molecule has 128 valence electrons. The van der Waals surface area contributed by atoms with E-state index in [0.29, 0.717) is 12.0 Å². The molecule has 2 fully saturated rings. The van der Waals surface area contributed by atoms with Crippen LogP contribution in [0.25, 0.3) is 11.0 Å². The van der Waals surface area contributed by atoms with Crippen LogP contribution in [0.5, 0.6) is 0 Å². The highest BCUT2D eigenvalue weighted by Gasteiger charge is 2.31. The summed E-state index contributed by atoms with van der Waals surface area (Å²) < 4.78 is 11.1. The number of hydrogen-bond acceptors (Lipinski definition) is 6. The summed E-state index contributed by atoms with van der Waals surface area (Å²) in [4.78, 5) is 11.7. The minimum Gasteiger partial charge on any atom is -0.381 e. The number of nitrogens with zero attached hydrogens (tertiary/aromatic N) is 3. The summed E-state index contributed by atoms with van der Waals surface area (Å²) in [6, 6.07) is 8.41. The molecule has 0 unspecified atom stereocenters. The van der Waals surface area contributed by atoms with Gasteiger partial charge in [0.2, 0.25) is 0 Å². The molecule has 3 heterocycles. The number of fused-ring (bicyclic) bond motifs is 1. The van der Waals surface area contributed by atoms with Crippen molar-refractivity contribution in [3.8, 4) is 0 Å². The molecule has 2 aliphatic heterocycles. The van der Waals surface area contributed by atoms with Crippen LogP contribution in [0.3, 0.4) is 0 Å². The summed E-state index contributed by atoms with van der Waals surface area (Å²) in [6.45, 7) is 6.22. The molecule has 0 amide bonds. The average Bonchev–Trinajstić information content (AvgIpc) is 3.17. The first-order valence-corrected chi connectivity index (χ1v) is 8.75. The van der Waals surface area contributed by atoms with Crippen LogP contribution in [0.15, 0.2) is 30.5 Å². The van der Waals surface area contributed by atoms with Crippen molar-refractivity contribution in [2.24, 2.45) is 5.92 Å². The van der Waals surface area contributed by atoms with Gasteiger partial charge in [0.15, 0.2) is 0 Å². The Hall–Kier alpha value is -1.76. The van der Waals surface area contributed by atoms with Crippen LogP contribution in [0.2, 0.25) is 0 Å². The van der Waals surface area contributed by atoms with Gasteiger partial charge < -0.3 is 14.8 Å². The van der Waals surface area contributed by atoms with Gasteiger partial charge in [0.05, 0.1) is 37.1 Å². The van der Waals surface area contributed by atoms with E-state index < -0.39 is 0 Å². The zero-order valence-electron chi connectivity index (χ0n) is 13.9. The van der Waals surface area contributed by atoms with Crippen molar-refractivity contribution in [2.45, 2.75) is 12.5 Å². The van der Waals surface area contributed by atoms with Gasteiger partial charge in [-0.25, -0.2) is 4.98 Å². The standard InChI is InChI=1S/C18H24N4O2/c1-2-4-16-15(3-1)19-12-18(21-16)20-11-17(14-5-8-24-13-14)22-6-9-23-10-7-22/h1-4,12,14,17H,5-11,13H2,(H,20,21)/t14-,17+/m0/s1. The van der Waals surface area contributed by atoms with Crippen molar-refractivity contribution >= 4 is 16.9 Å². The normalized spacial score (nSPS) is 23.4. The Balaban J connectivity index is 1.46. The van der Waals surface area contributed by atoms with Crippen LogP contribution in [0.4, 0.5) is 5.82 Å². The maximum atomic E-state index is 5.62. The first kappa shape index (κ1) is 15.7. The minimum absolute atomic E-state index is 0.449. The fraction of sp³-hybridized carbons (Fsp3) is 0.556. The molecule has 6 heteroatoms. The third-order valence-electron chi connectivity index (χ3n) is 4.96. The Bertz CT molecular complexity index is 669. The highest BCUT2D eigenvalue weighted by molar-refractivity contribution is 5.75. The third-order valence-corrected chi connectivity index (χ3v) is 4.96. The number of hydrogen-bond donors (Lipinski definition) is 1. The van der Waals surface area contributed by atoms with Crippen LogP contribution in [0, 0.1) is 5.92 Å². The molecule has 0 spiro atoms. The van der Waals surface area contributed by atoms with E-state index in [0.717, 1.165) is 69.3 Å². The Labute approximate surface area is 142 Å². The molecule has 0 aliphatic carbocycles. The molecular formula is C18H24N4O2. The molecule has 2 saturated heterocycles. The molecule has 0 bridgehead atoms. The van der Waals surface area contributed by atoms with Crippen LogP contribution < -0.4 is 5.32 Å². The number of rotatable bonds is 5. The summed E-state index contributed by atoms with van der Waals surface area (Å²) in [6.07, 6.45) is 2.96. The lowest BCUT2D eigenvalue weighted by atomic mass is 9.97. The van der Waals surface area contributed by atoms with Gasteiger partial charge in [-0.1, -0.05) is 12.1 Å². The topological polar surface area (TPSA) is 59.5 Å². The molecule has 2 aromatic rings. The lowest BCUT2D eigenvalue weighted by Gasteiger charge is -2.37. The largest absolute Gasteiger partial charge is 0.381 e. The molecule has 24 heavy (non-hydrogen) atoms. The highest BCUT2D eigenvalue weighted by Crippen LogP contribution is 2.23. The van der Waals surface area contributed by atoms with Crippen molar-refractivity contribution in [1.82, 2.24) is 14.9 Å². The van der Waals surface area contributed by atoms with Crippen molar-refractivity contribution in [2.75, 3.05) is 51.4 Å². The maximum absolute atomic E-state index is 5.62. The molecular weight excluding hydrogens is 304 g/mol. The van der Waals surface area contributed by atoms with E-state index in [2.05, 4.69) is 20.2 Å². The average molecular weight is 328 g/mol. The van der Waals surface area contributed by atoms with Gasteiger partial charge in [-0.05, 0) is 18.6 Å². The van der Waals surface area contributed by atoms with E-state index in [4.69, 9.17) is 9.47 Å². The van der Waals surface area contributed by atoms with Crippen molar-refractivity contribution in [3.05, 3.63) is 30.5 Å². The smallest absolute Gasteiger partial charge is 0.145 e. The molecule has 1 aromatic heterocycles. The summed E-state index contributed by atoms with van der Waals surface area (Å²) in [7, 11) is 0. The van der Waals surface area contributed by atoms with Gasteiger partial charge in [-0.2, -0.15) is 0 Å². The first-order chi connectivity index (χ1) is 11.9. The van der Waals surface area contributed by atoms with Crippen LogP contribution in [-0.2, 0) is 9.47 Å². The van der Waals surface area contributed by atoms with Gasteiger partial charge in [0.25, 0.3) is 0 Å². The van der Waals surface area contributed by atoms with Crippen molar-refractivity contribution in [1.29, 1.82) is 0 Å². The van der Waals surface area contributed by atoms with Crippen molar-refractivity contribution < 1.29 is 9.47 Å². The second kappa shape index (κ2) is 7.42. The zero-order chi connectivity index (χ0) is 16.2. The van der Waals surface area contributed by atoms with E-state index in [1.54, 1.807) is 0 Å². The van der Waals surface area contributed by atoms with Gasteiger partial charge in [-0.3, -0.25) is 9.88 Å². The first-order valence-electron chi connectivity index (χ1n) is 8.75. The molecule has 2 atom stereocenters. The number of anilines is 1. The van der Waals surface area contributed by atoms with E-state index >= 15 is 0 Å². The Morgan fingerprint density at radius 2 is 1.96 bits per heavy atom. The predicted octanol–water partition coefficient (Wildman–Crippen LogP) is 1.78. The molecule has 6 nitrogen and oxygen atoms in total. The number of para-hydroxylation sites is 2. The van der Waals surface area contributed by atoms with E-state index in [1.165, 1.54) is 0 Å². The van der Waals surface area contributed by atoms with Gasteiger partial charge in [0.1, 0.15) is 5.82 Å². The summed E-state index contributed by atoms with van der Waals surface area (Å²) >= 11 is 0. The van der Waals surface area contributed by atoms with E-state index in [-0.39, 0.29) is 0 Å². The molecule has 4 rings (SSSR count). The SMILES string of the molecule is c1ccc2nc(NC[C@H]([C@H]3CCOC3)N3CCOCC3)cnc2c1. The monoisotopic (exact) mass is 328 g/mol. The van der Waals surface area contributed by atoms with Gasteiger partial charge in [0, 0.05) is 38.2 Å². The lowest BCUT2D eigenvalue weighted by Crippen LogP contribution is -2.50. The van der Waals surface area contributed by atoms with Crippen LogP contribution in [-0.4, -0.2) is 67.0 Å². The second-order valence-electron chi connectivity index (χ2n) is 6.46.